The third-order valence-corrected chi connectivity index (χ3v) is 7.63. The first kappa shape index (κ1) is 19.7. The molecule has 3 aliphatic rings. The topological polar surface area (TPSA) is 37.4 Å². The van der Waals surface area contributed by atoms with Gasteiger partial charge in [0.15, 0.2) is 0 Å². The van der Waals surface area contributed by atoms with Crippen LogP contribution in [-0.4, -0.2) is 11.8 Å². The maximum Gasteiger partial charge on any atom is 0.238 e. The second kappa shape index (κ2) is 7.55. The summed E-state index contributed by atoms with van der Waals surface area (Å²) in [6.07, 6.45) is 4.30. The normalized spacial score (nSPS) is 25.5. The quantitative estimate of drug-likeness (QED) is 0.248. The summed E-state index contributed by atoms with van der Waals surface area (Å²) in [7, 11) is 0. The SMILES string of the molecule is O=C1[C@H]2[C@H](C(=O)N1c1ccc(I)cc1)[C@H]1C=C[C@@H]2C1=C(c1ccccc1)c1ccccc1. The zero-order valence-corrected chi connectivity index (χ0v) is 19.3. The lowest BCUT2D eigenvalue weighted by Crippen LogP contribution is -2.33. The Balaban J connectivity index is 1.48. The molecule has 2 bridgehead atoms. The number of amides is 2. The van der Waals surface area contributed by atoms with Gasteiger partial charge in [-0.05, 0) is 69.1 Å². The molecular weight excluding hydrogens is 509 g/mol. The van der Waals surface area contributed by atoms with Crippen LogP contribution in [-0.2, 0) is 9.59 Å². The van der Waals surface area contributed by atoms with E-state index in [1.165, 1.54) is 10.5 Å². The number of fused-ring (bicyclic) bond motifs is 5. The van der Waals surface area contributed by atoms with Gasteiger partial charge in [0.1, 0.15) is 0 Å². The van der Waals surface area contributed by atoms with Crippen molar-refractivity contribution in [3.8, 4) is 0 Å². The molecule has 2 aliphatic carbocycles. The van der Waals surface area contributed by atoms with E-state index in [1.54, 1.807) is 0 Å². The van der Waals surface area contributed by atoms with Gasteiger partial charge in [0.2, 0.25) is 11.8 Å². The first-order chi connectivity index (χ1) is 15.6. The highest BCUT2D eigenvalue weighted by Crippen LogP contribution is 2.58. The van der Waals surface area contributed by atoms with Crippen LogP contribution in [0.3, 0.4) is 0 Å². The van der Waals surface area contributed by atoms with E-state index in [9.17, 15) is 9.59 Å². The lowest BCUT2D eigenvalue weighted by atomic mass is 9.85. The summed E-state index contributed by atoms with van der Waals surface area (Å²) in [5, 5.41) is 0. The fraction of sp³-hybridized carbons (Fsp3) is 0.143. The molecule has 4 heteroatoms. The molecule has 1 aliphatic heterocycles. The first-order valence-electron chi connectivity index (χ1n) is 10.8. The summed E-state index contributed by atoms with van der Waals surface area (Å²) in [5.41, 5.74) is 5.29. The molecule has 3 aromatic carbocycles. The van der Waals surface area contributed by atoms with E-state index in [-0.39, 0.29) is 35.5 Å². The Hall–Kier alpha value is -2.99. The van der Waals surface area contributed by atoms with Crippen LogP contribution in [0.4, 0.5) is 5.69 Å². The van der Waals surface area contributed by atoms with Crippen molar-refractivity contribution >= 4 is 45.7 Å². The van der Waals surface area contributed by atoms with E-state index in [1.807, 2.05) is 60.7 Å². The molecule has 1 heterocycles. The number of imide groups is 1. The van der Waals surface area contributed by atoms with Gasteiger partial charge in [-0.1, -0.05) is 72.8 Å². The zero-order valence-electron chi connectivity index (χ0n) is 17.2. The third-order valence-electron chi connectivity index (χ3n) is 6.91. The Labute approximate surface area is 200 Å². The van der Waals surface area contributed by atoms with E-state index in [0.717, 1.165) is 20.3 Å². The molecule has 156 valence electrons. The number of carbonyl (C=O) groups is 2. The molecule has 2 amide bonds. The molecule has 0 spiro atoms. The van der Waals surface area contributed by atoms with Crippen molar-refractivity contribution in [3.05, 3.63) is 117 Å². The first-order valence-corrected chi connectivity index (χ1v) is 11.9. The minimum atomic E-state index is -0.325. The fourth-order valence-corrected chi connectivity index (χ4v) is 6.01. The molecule has 3 aromatic rings. The Morgan fingerprint density at radius 2 is 1.12 bits per heavy atom. The van der Waals surface area contributed by atoms with Crippen LogP contribution in [0.25, 0.3) is 5.57 Å². The van der Waals surface area contributed by atoms with E-state index >= 15 is 0 Å². The van der Waals surface area contributed by atoms with Crippen molar-refractivity contribution in [3.63, 3.8) is 0 Å². The highest BCUT2D eigenvalue weighted by atomic mass is 127. The minimum Gasteiger partial charge on any atom is -0.274 e. The molecule has 32 heavy (non-hydrogen) atoms. The summed E-state index contributed by atoms with van der Waals surface area (Å²) in [6.45, 7) is 0. The Bertz CT molecular complexity index is 1200. The van der Waals surface area contributed by atoms with E-state index < -0.39 is 0 Å². The summed E-state index contributed by atoms with van der Waals surface area (Å²) < 4.78 is 1.08. The largest absolute Gasteiger partial charge is 0.274 e. The smallest absolute Gasteiger partial charge is 0.238 e. The predicted octanol–water partition coefficient (Wildman–Crippen LogP) is 5.71. The predicted molar refractivity (Wildman–Crippen MR) is 134 cm³/mol. The Morgan fingerprint density at radius 1 is 0.656 bits per heavy atom. The molecule has 4 atom stereocenters. The average Bonchev–Trinajstić information content (AvgIpc) is 3.46. The molecule has 1 saturated carbocycles. The number of allylic oxidation sites excluding steroid dienone is 3. The maximum atomic E-state index is 13.6. The second-order valence-corrected chi connectivity index (χ2v) is 9.78. The number of hydrogen-bond donors (Lipinski definition) is 0. The molecule has 2 fully saturated rings. The van der Waals surface area contributed by atoms with Gasteiger partial charge in [0.25, 0.3) is 0 Å². The van der Waals surface area contributed by atoms with Crippen molar-refractivity contribution < 1.29 is 9.59 Å². The van der Waals surface area contributed by atoms with Crippen LogP contribution >= 0.6 is 22.6 Å². The Kier molecular flexibility index (Phi) is 4.65. The zero-order chi connectivity index (χ0) is 21.8. The maximum absolute atomic E-state index is 13.6. The summed E-state index contributed by atoms with van der Waals surface area (Å²) in [4.78, 5) is 28.5. The second-order valence-electron chi connectivity index (χ2n) is 8.54. The molecule has 0 aromatic heterocycles. The molecule has 0 unspecified atom stereocenters. The van der Waals surface area contributed by atoms with Gasteiger partial charge >= 0.3 is 0 Å². The Morgan fingerprint density at radius 3 is 1.59 bits per heavy atom. The van der Waals surface area contributed by atoms with Gasteiger partial charge in [-0.2, -0.15) is 0 Å². The van der Waals surface area contributed by atoms with Crippen LogP contribution in [0.5, 0.6) is 0 Å². The van der Waals surface area contributed by atoms with E-state index in [4.69, 9.17) is 0 Å². The van der Waals surface area contributed by atoms with Crippen molar-refractivity contribution in [2.45, 2.75) is 0 Å². The molecule has 3 nitrogen and oxygen atoms in total. The van der Waals surface area contributed by atoms with Crippen LogP contribution in [0.1, 0.15) is 11.1 Å². The average molecular weight is 529 g/mol. The fourth-order valence-electron chi connectivity index (χ4n) is 5.65. The highest BCUT2D eigenvalue weighted by Gasteiger charge is 2.62. The standard InChI is InChI=1S/C28H20INO2/c29-19-11-13-20(14-12-19)30-27(31)25-21-15-16-22(26(25)28(30)32)24(21)23(17-7-3-1-4-8-17)18-9-5-2-6-10-18/h1-16,21-22,25-26H/t21-,22+,25-,26-/m1/s1. The van der Waals surface area contributed by atoms with Crippen LogP contribution in [0, 0.1) is 27.2 Å². The monoisotopic (exact) mass is 529 g/mol. The number of benzene rings is 3. The van der Waals surface area contributed by atoms with Gasteiger partial charge in [-0.15, -0.1) is 0 Å². The number of carbonyl (C=O) groups excluding carboxylic acids is 2. The lowest BCUT2D eigenvalue weighted by molar-refractivity contribution is -0.122. The van der Waals surface area contributed by atoms with Crippen LogP contribution < -0.4 is 4.90 Å². The molecule has 1 saturated heterocycles. The van der Waals surface area contributed by atoms with E-state index in [0.29, 0.717) is 5.69 Å². The van der Waals surface area contributed by atoms with Crippen molar-refractivity contribution in [1.29, 1.82) is 0 Å². The van der Waals surface area contributed by atoms with Gasteiger partial charge < -0.3 is 0 Å². The number of hydrogen-bond acceptors (Lipinski definition) is 2. The number of nitrogens with zero attached hydrogens (tertiary/aromatic N) is 1. The molecule has 0 N–H and O–H groups in total. The van der Waals surface area contributed by atoms with Crippen molar-refractivity contribution in [1.82, 2.24) is 0 Å². The third kappa shape index (κ3) is 2.85. The molecule has 0 radical (unpaired) electrons. The molecule has 6 rings (SSSR count). The van der Waals surface area contributed by atoms with Gasteiger partial charge in [0, 0.05) is 15.4 Å². The van der Waals surface area contributed by atoms with Gasteiger partial charge in [-0.25, -0.2) is 4.90 Å². The van der Waals surface area contributed by atoms with E-state index in [2.05, 4.69) is 59.0 Å². The van der Waals surface area contributed by atoms with Gasteiger partial charge in [-0.3, -0.25) is 9.59 Å². The summed E-state index contributed by atoms with van der Waals surface area (Å²) >= 11 is 2.23. The number of rotatable bonds is 3. The summed E-state index contributed by atoms with van der Waals surface area (Å²) in [6, 6.07) is 28.3. The van der Waals surface area contributed by atoms with Crippen molar-refractivity contribution in [2.75, 3.05) is 4.90 Å². The van der Waals surface area contributed by atoms with Crippen LogP contribution in [0.2, 0.25) is 0 Å². The minimum absolute atomic E-state index is 0.0503. The number of anilines is 1. The van der Waals surface area contributed by atoms with Crippen molar-refractivity contribution in [2.24, 2.45) is 23.7 Å². The lowest BCUT2D eigenvalue weighted by Gasteiger charge is -2.21. The number of halogens is 1. The highest BCUT2D eigenvalue weighted by molar-refractivity contribution is 14.1. The van der Waals surface area contributed by atoms with Gasteiger partial charge in [0.05, 0.1) is 17.5 Å². The summed E-state index contributed by atoms with van der Waals surface area (Å²) in [5.74, 6) is -0.896. The van der Waals surface area contributed by atoms with Crippen LogP contribution in [0.15, 0.2) is 103 Å². The molecular formula is C28H20INO2.